The predicted molar refractivity (Wildman–Crippen MR) is 94.6 cm³/mol. The van der Waals surface area contributed by atoms with Crippen molar-refractivity contribution in [1.82, 2.24) is 4.31 Å². The molecule has 2 aromatic carbocycles. The summed E-state index contributed by atoms with van der Waals surface area (Å²) >= 11 is 0. The fourth-order valence-corrected chi connectivity index (χ4v) is 4.82. The minimum absolute atomic E-state index is 0. The van der Waals surface area contributed by atoms with Crippen LogP contribution in [-0.2, 0) is 16.2 Å². The molecule has 0 bridgehead atoms. The van der Waals surface area contributed by atoms with Crippen LogP contribution in [0.4, 0.5) is 13.2 Å². The summed E-state index contributed by atoms with van der Waals surface area (Å²) in [5, 5.41) is 0. The lowest BCUT2D eigenvalue weighted by molar-refractivity contribution is -0.139. The van der Waals surface area contributed by atoms with Crippen molar-refractivity contribution in [2.24, 2.45) is 5.73 Å². The number of nitrogens with two attached hydrogens (primary N) is 1. The zero-order valence-corrected chi connectivity index (χ0v) is 15.2. The van der Waals surface area contributed by atoms with Crippen LogP contribution in [0.15, 0.2) is 59.5 Å². The minimum atomic E-state index is -4.75. The highest BCUT2D eigenvalue weighted by Gasteiger charge is 2.42. The number of hydrogen-bond donors (Lipinski definition) is 1. The number of sulfonamides is 1. The van der Waals surface area contributed by atoms with Crippen molar-refractivity contribution in [3.8, 4) is 0 Å². The number of benzene rings is 2. The lowest BCUT2D eigenvalue weighted by Gasteiger charge is -2.19. The van der Waals surface area contributed by atoms with E-state index < -0.39 is 32.7 Å². The van der Waals surface area contributed by atoms with Crippen LogP contribution in [0.5, 0.6) is 0 Å². The molecule has 0 saturated carbocycles. The second-order valence-electron chi connectivity index (χ2n) is 6.00. The van der Waals surface area contributed by atoms with E-state index >= 15 is 0 Å². The lowest BCUT2D eigenvalue weighted by atomic mass is 9.95. The van der Waals surface area contributed by atoms with Gasteiger partial charge >= 0.3 is 6.18 Å². The second-order valence-corrected chi connectivity index (χ2v) is 7.90. The van der Waals surface area contributed by atoms with Gasteiger partial charge in [-0.2, -0.15) is 17.5 Å². The predicted octanol–water partition coefficient (Wildman–Crippen LogP) is 3.24. The molecule has 4 nitrogen and oxygen atoms in total. The standard InChI is InChI=1S/C17H17F3N2O2S.ClH/c18-17(19,20)14-8-4-5-9-16(14)25(23,24)22-10-13(15(21)11-22)12-6-2-1-3-7-12;/h1-9,13,15H,10-11,21H2;1H/t13-,15+;/m0./s1. The van der Waals surface area contributed by atoms with Crippen LogP contribution in [0, 0.1) is 0 Å². The topological polar surface area (TPSA) is 63.4 Å². The molecule has 1 aliphatic rings. The largest absolute Gasteiger partial charge is 0.417 e. The maximum atomic E-state index is 13.2. The van der Waals surface area contributed by atoms with Crippen molar-refractivity contribution in [1.29, 1.82) is 0 Å². The first-order valence-electron chi connectivity index (χ1n) is 7.68. The van der Waals surface area contributed by atoms with E-state index in [9.17, 15) is 21.6 Å². The van der Waals surface area contributed by atoms with Gasteiger partial charge in [-0.3, -0.25) is 0 Å². The van der Waals surface area contributed by atoms with Crippen LogP contribution in [0.3, 0.4) is 0 Å². The van der Waals surface area contributed by atoms with Gasteiger partial charge in [0.2, 0.25) is 10.0 Å². The molecule has 0 spiro atoms. The Labute approximate surface area is 156 Å². The van der Waals surface area contributed by atoms with Gasteiger partial charge in [-0.1, -0.05) is 42.5 Å². The van der Waals surface area contributed by atoms with Gasteiger partial charge in [0.1, 0.15) is 0 Å². The molecule has 0 radical (unpaired) electrons. The molecule has 2 atom stereocenters. The van der Waals surface area contributed by atoms with Crippen LogP contribution >= 0.6 is 12.4 Å². The van der Waals surface area contributed by atoms with Crippen LogP contribution in [0.2, 0.25) is 0 Å². The summed E-state index contributed by atoms with van der Waals surface area (Å²) in [6.45, 7) is 0.0355. The molecular formula is C17H18ClF3N2O2S. The first-order valence-corrected chi connectivity index (χ1v) is 9.12. The molecule has 26 heavy (non-hydrogen) atoms. The Kier molecular flexibility index (Phi) is 6.02. The molecule has 0 aliphatic carbocycles. The molecule has 1 fully saturated rings. The SMILES string of the molecule is Cl.N[C@@H]1CN(S(=O)(=O)c2ccccc2C(F)(F)F)C[C@H]1c1ccccc1. The van der Waals surface area contributed by atoms with Gasteiger partial charge in [0, 0.05) is 25.0 Å². The molecule has 1 aliphatic heterocycles. The third kappa shape index (κ3) is 3.88. The molecular weight excluding hydrogens is 389 g/mol. The average molecular weight is 407 g/mol. The molecule has 3 rings (SSSR count). The van der Waals surface area contributed by atoms with Crippen molar-refractivity contribution in [3.05, 3.63) is 65.7 Å². The molecule has 2 aromatic rings. The van der Waals surface area contributed by atoms with Crippen LogP contribution in [0.1, 0.15) is 17.0 Å². The van der Waals surface area contributed by atoms with Crippen LogP contribution in [-0.4, -0.2) is 31.9 Å². The number of halogens is 4. The summed E-state index contributed by atoms with van der Waals surface area (Å²) in [4.78, 5) is -0.733. The molecule has 1 saturated heterocycles. The molecule has 142 valence electrons. The molecule has 0 aromatic heterocycles. The Morgan fingerprint density at radius 2 is 1.54 bits per heavy atom. The third-order valence-corrected chi connectivity index (χ3v) is 6.26. The van der Waals surface area contributed by atoms with Crippen LogP contribution < -0.4 is 5.73 Å². The summed E-state index contributed by atoms with van der Waals surface area (Å²) in [5.41, 5.74) is 5.78. The van der Waals surface area contributed by atoms with E-state index in [-0.39, 0.29) is 31.4 Å². The summed E-state index contributed by atoms with van der Waals surface area (Å²) in [5.74, 6) is -0.256. The van der Waals surface area contributed by atoms with Gasteiger partial charge in [0.25, 0.3) is 0 Å². The van der Waals surface area contributed by atoms with Crippen molar-refractivity contribution in [2.75, 3.05) is 13.1 Å². The number of alkyl halides is 3. The van der Waals surface area contributed by atoms with E-state index in [0.717, 1.165) is 22.0 Å². The maximum absolute atomic E-state index is 13.2. The Bertz CT molecular complexity index is 860. The average Bonchev–Trinajstić information content (AvgIpc) is 2.97. The smallest absolute Gasteiger partial charge is 0.326 e. The zero-order valence-electron chi connectivity index (χ0n) is 13.6. The van der Waals surface area contributed by atoms with Crippen molar-refractivity contribution >= 4 is 22.4 Å². The van der Waals surface area contributed by atoms with Gasteiger partial charge in [0.05, 0.1) is 10.5 Å². The number of nitrogens with zero attached hydrogens (tertiary/aromatic N) is 1. The van der Waals surface area contributed by atoms with Crippen molar-refractivity contribution in [3.63, 3.8) is 0 Å². The van der Waals surface area contributed by atoms with E-state index in [1.165, 1.54) is 12.1 Å². The normalized spacial score (nSPS) is 21.4. The summed E-state index contributed by atoms with van der Waals surface area (Å²) in [6, 6.07) is 12.9. The van der Waals surface area contributed by atoms with Gasteiger partial charge in [-0.05, 0) is 17.7 Å². The highest BCUT2D eigenvalue weighted by molar-refractivity contribution is 7.89. The van der Waals surface area contributed by atoms with Gasteiger partial charge in [-0.15, -0.1) is 12.4 Å². The Morgan fingerprint density at radius 1 is 0.962 bits per heavy atom. The molecule has 0 unspecified atom stereocenters. The lowest BCUT2D eigenvalue weighted by Crippen LogP contribution is -2.33. The summed E-state index contributed by atoms with van der Waals surface area (Å²) < 4.78 is 66.2. The first-order chi connectivity index (χ1) is 11.7. The third-order valence-electron chi connectivity index (χ3n) is 4.37. The first kappa shape index (κ1) is 20.7. The van der Waals surface area contributed by atoms with Crippen molar-refractivity contribution < 1.29 is 21.6 Å². The molecule has 1 heterocycles. The fraction of sp³-hybridized carbons (Fsp3) is 0.294. The minimum Gasteiger partial charge on any atom is -0.326 e. The summed E-state index contributed by atoms with van der Waals surface area (Å²) in [7, 11) is -4.29. The second kappa shape index (κ2) is 7.56. The highest BCUT2D eigenvalue weighted by Crippen LogP contribution is 2.37. The number of hydrogen-bond acceptors (Lipinski definition) is 3. The Hall–Kier alpha value is -1.61. The monoisotopic (exact) mass is 406 g/mol. The van der Waals surface area contributed by atoms with E-state index in [2.05, 4.69) is 0 Å². The maximum Gasteiger partial charge on any atom is 0.417 e. The Morgan fingerprint density at radius 3 is 2.15 bits per heavy atom. The molecule has 2 N–H and O–H groups in total. The van der Waals surface area contributed by atoms with Crippen LogP contribution in [0.25, 0.3) is 0 Å². The van der Waals surface area contributed by atoms with E-state index in [4.69, 9.17) is 5.73 Å². The Balaban J connectivity index is 0.00000243. The van der Waals surface area contributed by atoms with Gasteiger partial charge in [0.15, 0.2) is 0 Å². The summed E-state index contributed by atoms with van der Waals surface area (Å²) in [6.07, 6.45) is -4.75. The van der Waals surface area contributed by atoms with Gasteiger partial charge in [-0.25, -0.2) is 8.42 Å². The highest BCUT2D eigenvalue weighted by atomic mass is 35.5. The van der Waals surface area contributed by atoms with Gasteiger partial charge < -0.3 is 5.73 Å². The molecule has 9 heteroatoms. The van der Waals surface area contributed by atoms with E-state index in [0.29, 0.717) is 0 Å². The zero-order chi connectivity index (χ0) is 18.2. The van der Waals surface area contributed by atoms with E-state index in [1.807, 2.05) is 30.3 Å². The van der Waals surface area contributed by atoms with E-state index in [1.54, 1.807) is 0 Å². The quantitative estimate of drug-likeness (QED) is 0.851. The number of rotatable bonds is 3. The molecule has 0 amide bonds. The fourth-order valence-electron chi connectivity index (χ4n) is 3.11. The van der Waals surface area contributed by atoms with Crippen molar-refractivity contribution in [2.45, 2.75) is 23.0 Å².